The molecular weight excluding hydrogens is 274 g/mol. The van der Waals surface area contributed by atoms with Crippen LogP contribution in [0.4, 0.5) is 5.69 Å². The molecule has 2 aromatic carbocycles. The van der Waals surface area contributed by atoms with E-state index >= 15 is 0 Å². The summed E-state index contributed by atoms with van der Waals surface area (Å²) >= 11 is 5.88. The number of benzene rings is 2. The molecule has 0 aliphatic rings. The molecule has 0 saturated heterocycles. The van der Waals surface area contributed by atoms with Crippen molar-refractivity contribution in [2.75, 3.05) is 12.4 Å². The van der Waals surface area contributed by atoms with Gasteiger partial charge in [0.05, 0.1) is 13.5 Å². The molecule has 20 heavy (non-hydrogen) atoms. The lowest BCUT2D eigenvalue weighted by Gasteiger charge is -2.08. The van der Waals surface area contributed by atoms with Gasteiger partial charge in [-0.05, 0) is 42.3 Å². The molecule has 104 valence electrons. The van der Waals surface area contributed by atoms with Crippen molar-refractivity contribution in [3.05, 3.63) is 58.6 Å². The highest BCUT2D eigenvalue weighted by Gasteiger charge is 2.06. The second kappa shape index (κ2) is 6.44. The summed E-state index contributed by atoms with van der Waals surface area (Å²) in [6.45, 7) is 1.96. The van der Waals surface area contributed by atoms with Gasteiger partial charge in [-0.3, -0.25) is 4.79 Å². The van der Waals surface area contributed by atoms with E-state index in [1.54, 1.807) is 25.3 Å². The number of carbonyl (C=O) groups is 1. The van der Waals surface area contributed by atoms with Crippen LogP contribution in [0.5, 0.6) is 5.75 Å². The molecule has 0 aromatic heterocycles. The predicted octanol–water partition coefficient (Wildman–Crippen LogP) is 3.84. The summed E-state index contributed by atoms with van der Waals surface area (Å²) in [7, 11) is 1.63. The van der Waals surface area contributed by atoms with Gasteiger partial charge in [-0.1, -0.05) is 29.8 Å². The fourth-order valence-electron chi connectivity index (χ4n) is 2.01. The van der Waals surface area contributed by atoms with E-state index in [4.69, 9.17) is 16.3 Å². The molecule has 0 atom stereocenters. The number of ether oxygens (including phenoxy) is 1. The lowest BCUT2D eigenvalue weighted by atomic mass is 10.1. The Labute approximate surface area is 123 Å². The summed E-state index contributed by atoms with van der Waals surface area (Å²) in [5.74, 6) is 0.751. The highest BCUT2D eigenvalue weighted by molar-refractivity contribution is 6.30. The number of carbonyl (C=O) groups excluding carboxylic acids is 1. The second-order valence-electron chi connectivity index (χ2n) is 4.54. The van der Waals surface area contributed by atoms with Gasteiger partial charge < -0.3 is 10.1 Å². The van der Waals surface area contributed by atoms with Gasteiger partial charge in [0, 0.05) is 10.7 Å². The maximum Gasteiger partial charge on any atom is 0.228 e. The Morgan fingerprint density at radius 2 is 2.05 bits per heavy atom. The first kappa shape index (κ1) is 14.4. The molecule has 0 aliphatic carbocycles. The zero-order valence-corrected chi connectivity index (χ0v) is 12.2. The molecule has 0 bridgehead atoms. The number of hydrogen-bond donors (Lipinski definition) is 1. The number of aryl methyl sites for hydroxylation is 1. The van der Waals surface area contributed by atoms with Crippen LogP contribution in [-0.2, 0) is 11.2 Å². The standard InChI is InChI=1S/C16H16ClNO2/c1-11-8-12(6-7-15(11)20-2)9-16(19)18-14-5-3-4-13(17)10-14/h3-8,10H,9H2,1-2H3,(H,18,19). The maximum absolute atomic E-state index is 12.0. The SMILES string of the molecule is COc1ccc(CC(=O)Nc2cccc(Cl)c2)cc1C. The number of halogens is 1. The first-order valence-corrected chi connectivity index (χ1v) is 6.65. The Kier molecular flexibility index (Phi) is 4.64. The van der Waals surface area contributed by atoms with Crippen molar-refractivity contribution in [2.24, 2.45) is 0 Å². The zero-order valence-electron chi connectivity index (χ0n) is 11.4. The fraction of sp³-hybridized carbons (Fsp3) is 0.188. The van der Waals surface area contributed by atoms with E-state index in [0.29, 0.717) is 17.1 Å². The van der Waals surface area contributed by atoms with E-state index in [9.17, 15) is 4.79 Å². The number of rotatable bonds is 4. The van der Waals surface area contributed by atoms with Gasteiger partial charge in [0.2, 0.25) is 5.91 Å². The molecule has 1 N–H and O–H groups in total. The van der Waals surface area contributed by atoms with E-state index < -0.39 is 0 Å². The summed E-state index contributed by atoms with van der Waals surface area (Å²) in [6.07, 6.45) is 0.317. The van der Waals surface area contributed by atoms with Crippen LogP contribution < -0.4 is 10.1 Å². The van der Waals surface area contributed by atoms with Gasteiger partial charge in [-0.2, -0.15) is 0 Å². The van der Waals surface area contributed by atoms with Crippen LogP contribution in [0.2, 0.25) is 5.02 Å². The van der Waals surface area contributed by atoms with Gasteiger partial charge in [0.1, 0.15) is 5.75 Å². The highest BCUT2D eigenvalue weighted by Crippen LogP contribution is 2.19. The van der Waals surface area contributed by atoms with Crippen molar-refractivity contribution in [2.45, 2.75) is 13.3 Å². The third-order valence-corrected chi connectivity index (χ3v) is 3.17. The minimum atomic E-state index is -0.0724. The maximum atomic E-state index is 12.0. The second-order valence-corrected chi connectivity index (χ2v) is 4.98. The normalized spacial score (nSPS) is 10.2. The minimum absolute atomic E-state index is 0.0724. The Morgan fingerprint density at radius 3 is 2.70 bits per heavy atom. The first-order chi connectivity index (χ1) is 9.58. The van der Waals surface area contributed by atoms with Crippen molar-refractivity contribution >= 4 is 23.2 Å². The van der Waals surface area contributed by atoms with Gasteiger partial charge in [-0.25, -0.2) is 0 Å². The number of methoxy groups -OCH3 is 1. The molecule has 0 radical (unpaired) electrons. The van der Waals surface area contributed by atoms with Crippen molar-refractivity contribution < 1.29 is 9.53 Å². The monoisotopic (exact) mass is 289 g/mol. The molecule has 1 amide bonds. The molecule has 0 saturated carbocycles. The van der Waals surface area contributed by atoms with E-state index in [1.807, 2.05) is 31.2 Å². The van der Waals surface area contributed by atoms with Gasteiger partial charge in [-0.15, -0.1) is 0 Å². The van der Waals surface area contributed by atoms with Crippen molar-refractivity contribution in [3.63, 3.8) is 0 Å². The number of nitrogens with one attached hydrogen (secondary N) is 1. The molecular formula is C16H16ClNO2. The van der Waals surface area contributed by atoms with Crippen LogP contribution in [0.1, 0.15) is 11.1 Å². The molecule has 0 unspecified atom stereocenters. The Hall–Kier alpha value is -2.00. The summed E-state index contributed by atoms with van der Waals surface area (Å²) in [5.41, 5.74) is 2.66. The molecule has 2 aromatic rings. The average molecular weight is 290 g/mol. The number of hydrogen-bond acceptors (Lipinski definition) is 2. The van der Waals surface area contributed by atoms with E-state index in [2.05, 4.69) is 5.32 Å². The summed E-state index contributed by atoms with van der Waals surface area (Å²) in [4.78, 5) is 12.0. The highest BCUT2D eigenvalue weighted by atomic mass is 35.5. The van der Waals surface area contributed by atoms with Crippen molar-refractivity contribution in [1.82, 2.24) is 0 Å². The summed E-state index contributed by atoms with van der Waals surface area (Å²) < 4.78 is 5.20. The largest absolute Gasteiger partial charge is 0.496 e. The Morgan fingerprint density at radius 1 is 1.25 bits per heavy atom. The Balaban J connectivity index is 2.03. The Bertz CT molecular complexity index is 626. The molecule has 3 nitrogen and oxygen atoms in total. The number of anilines is 1. The van der Waals surface area contributed by atoms with Gasteiger partial charge in [0.15, 0.2) is 0 Å². The van der Waals surface area contributed by atoms with Crippen molar-refractivity contribution in [1.29, 1.82) is 0 Å². The van der Waals surface area contributed by atoms with Crippen molar-refractivity contribution in [3.8, 4) is 5.75 Å². The van der Waals surface area contributed by atoms with Crippen LogP contribution in [0.25, 0.3) is 0 Å². The molecule has 0 aliphatic heterocycles. The lowest BCUT2D eigenvalue weighted by Crippen LogP contribution is -2.14. The molecule has 0 spiro atoms. The lowest BCUT2D eigenvalue weighted by molar-refractivity contribution is -0.115. The zero-order chi connectivity index (χ0) is 14.5. The van der Waals surface area contributed by atoms with Crippen LogP contribution in [-0.4, -0.2) is 13.0 Å². The van der Waals surface area contributed by atoms with Crippen LogP contribution in [0.3, 0.4) is 0 Å². The smallest absolute Gasteiger partial charge is 0.228 e. The van der Waals surface area contributed by atoms with E-state index in [0.717, 1.165) is 16.9 Å². The third kappa shape index (κ3) is 3.75. The van der Waals surface area contributed by atoms with Crippen LogP contribution >= 0.6 is 11.6 Å². The predicted molar refractivity (Wildman–Crippen MR) is 81.5 cm³/mol. The van der Waals surface area contributed by atoms with E-state index in [-0.39, 0.29) is 5.91 Å². The third-order valence-electron chi connectivity index (χ3n) is 2.93. The fourth-order valence-corrected chi connectivity index (χ4v) is 2.20. The van der Waals surface area contributed by atoms with Crippen LogP contribution in [0.15, 0.2) is 42.5 Å². The molecule has 0 heterocycles. The van der Waals surface area contributed by atoms with E-state index in [1.165, 1.54) is 0 Å². The topological polar surface area (TPSA) is 38.3 Å². The molecule has 4 heteroatoms. The van der Waals surface area contributed by atoms with Crippen LogP contribution in [0, 0.1) is 6.92 Å². The summed E-state index contributed by atoms with van der Waals surface area (Å²) in [6, 6.07) is 12.8. The molecule has 2 rings (SSSR count). The minimum Gasteiger partial charge on any atom is -0.496 e. The average Bonchev–Trinajstić information content (AvgIpc) is 2.38. The van der Waals surface area contributed by atoms with Gasteiger partial charge >= 0.3 is 0 Å². The number of amides is 1. The quantitative estimate of drug-likeness (QED) is 0.929. The van der Waals surface area contributed by atoms with Gasteiger partial charge in [0.25, 0.3) is 0 Å². The first-order valence-electron chi connectivity index (χ1n) is 6.27. The summed E-state index contributed by atoms with van der Waals surface area (Å²) in [5, 5.41) is 3.42. The molecule has 0 fully saturated rings.